The van der Waals surface area contributed by atoms with Gasteiger partial charge in [-0.15, -0.1) is 0 Å². The lowest BCUT2D eigenvalue weighted by Gasteiger charge is -2.17. The molecule has 0 bridgehead atoms. The summed E-state index contributed by atoms with van der Waals surface area (Å²) in [6, 6.07) is 12.4. The molecule has 9 nitrogen and oxygen atoms in total. The van der Waals surface area contributed by atoms with Crippen molar-refractivity contribution in [2.24, 2.45) is 5.92 Å². The van der Waals surface area contributed by atoms with Crippen LogP contribution >= 0.6 is 11.6 Å². The molecule has 4 rings (SSSR count). The second kappa shape index (κ2) is 9.79. The number of rotatable bonds is 7. The standard InChI is InChI=1S/C25H26ClN5O4/c1-14(2)11-21-27-18-13-20(35-5)19(34-4)12-17(18)25(33)31(21)29-24(32)22-15(3)28-30(23(22)26)16-9-7-6-8-10-16/h6-10,12-14H,11H2,1-5H3,(H,29,32). The summed E-state index contributed by atoms with van der Waals surface area (Å²) in [5.41, 5.74) is 4.01. The number of nitrogens with zero attached hydrogens (tertiary/aromatic N) is 4. The van der Waals surface area contributed by atoms with Crippen molar-refractivity contribution in [1.82, 2.24) is 19.4 Å². The topological polar surface area (TPSA) is 100 Å². The number of nitrogens with one attached hydrogen (secondary N) is 1. The first-order valence-corrected chi connectivity index (χ1v) is 11.4. The predicted octanol–water partition coefficient (Wildman–Crippen LogP) is 4.14. The molecule has 2 aromatic carbocycles. The Morgan fingerprint density at radius 1 is 1.11 bits per heavy atom. The van der Waals surface area contributed by atoms with Gasteiger partial charge in [0.2, 0.25) is 0 Å². The molecule has 0 spiro atoms. The Kier molecular flexibility index (Phi) is 6.79. The van der Waals surface area contributed by atoms with E-state index in [0.717, 1.165) is 0 Å². The number of methoxy groups -OCH3 is 2. The minimum atomic E-state index is -0.566. The van der Waals surface area contributed by atoms with E-state index in [1.54, 1.807) is 19.1 Å². The van der Waals surface area contributed by atoms with E-state index in [-0.39, 0.29) is 22.0 Å². The molecule has 2 aromatic heterocycles. The summed E-state index contributed by atoms with van der Waals surface area (Å²) in [7, 11) is 3.00. The van der Waals surface area contributed by atoms with Crippen molar-refractivity contribution < 1.29 is 14.3 Å². The highest BCUT2D eigenvalue weighted by Gasteiger charge is 2.24. The van der Waals surface area contributed by atoms with E-state index in [1.165, 1.54) is 23.6 Å². The summed E-state index contributed by atoms with van der Waals surface area (Å²) >= 11 is 6.56. The zero-order chi connectivity index (χ0) is 25.3. The SMILES string of the molecule is COc1cc2nc(CC(C)C)n(NC(=O)c3c(C)nn(-c4ccccc4)c3Cl)c(=O)c2cc1OC. The fourth-order valence-corrected chi connectivity index (χ4v) is 4.19. The normalized spacial score (nSPS) is 11.2. The molecule has 4 aromatic rings. The van der Waals surface area contributed by atoms with Crippen molar-refractivity contribution in [3.63, 3.8) is 0 Å². The molecule has 0 fully saturated rings. The molecule has 0 aliphatic carbocycles. The molecule has 0 aliphatic rings. The highest BCUT2D eigenvalue weighted by Crippen LogP contribution is 2.30. The molecule has 1 amide bonds. The average Bonchev–Trinajstić information content (AvgIpc) is 3.14. The Hall–Kier alpha value is -3.85. The van der Waals surface area contributed by atoms with Gasteiger partial charge < -0.3 is 9.47 Å². The van der Waals surface area contributed by atoms with Crippen LogP contribution in [-0.2, 0) is 6.42 Å². The van der Waals surface area contributed by atoms with Crippen LogP contribution in [0.5, 0.6) is 11.5 Å². The van der Waals surface area contributed by atoms with E-state index < -0.39 is 11.5 Å². The third-order valence-corrected chi connectivity index (χ3v) is 5.83. The van der Waals surface area contributed by atoms with Crippen LogP contribution in [0.15, 0.2) is 47.3 Å². The number of hydrogen-bond donors (Lipinski definition) is 1. The van der Waals surface area contributed by atoms with Crippen LogP contribution in [-0.4, -0.2) is 39.6 Å². The average molecular weight is 496 g/mol. The number of fused-ring (bicyclic) bond motifs is 1. The van der Waals surface area contributed by atoms with Gasteiger partial charge in [0.15, 0.2) is 11.5 Å². The summed E-state index contributed by atoms with van der Waals surface area (Å²) < 4.78 is 13.4. The zero-order valence-electron chi connectivity index (χ0n) is 20.1. The minimum Gasteiger partial charge on any atom is -0.493 e. The number of hydrogen-bond acceptors (Lipinski definition) is 6. The first-order chi connectivity index (χ1) is 16.7. The van der Waals surface area contributed by atoms with Gasteiger partial charge in [-0.3, -0.25) is 15.0 Å². The van der Waals surface area contributed by atoms with Crippen LogP contribution in [0.25, 0.3) is 16.6 Å². The first-order valence-electron chi connectivity index (χ1n) is 11.0. The Balaban J connectivity index is 1.82. The van der Waals surface area contributed by atoms with Gasteiger partial charge in [-0.2, -0.15) is 5.10 Å². The summed E-state index contributed by atoms with van der Waals surface area (Å²) in [5, 5.41) is 4.84. The maximum Gasteiger partial charge on any atom is 0.280 e. The molecule has 2 heterocycles. The van der Waals surface area contributed by atoms with Gasteiger partial charge >= 0.3 is 0 Å². The molecule has 0 unspecified atom stereocenters. The number of aromatic nitrogens is 4. The Morgan fingerprint density at radius 3 is 2.40 bits per heavy atom. The van der Waals surface area contributed by atoms with Crippen molar-refractivity contribution in [3.05, 3.63) is 75.1 Å². The van der Waals surface area contributed by atoms with Gasteiger partial charge in [-0.25, -0.2) is 14.3 Å². The van der Waals surface area contributed by atoms with Crippen molar-refractivity contribution in [1.29, 1.82) is 0 Å². The van der Waals surface area contributed by atoms with Crippen LogP contribution in [0, 0.1) is 12.8 Å². The fourth-order valence-electron chi connectivity index (χ4n) is 3.83. The third-order valence-electron chi connectivity index (χ3n) is 5.48. The monoisotopic (exact) mass is 495 g/mol. The minimum absolute atomic E-state index is 0.143. The van der Waals surface area contributed by atoms with Crippen molar-refractivity contribution in [2.45, 2.75) is 27.2 Å². The molecular weight excluding hydrogens is 470 g/mol. The lowest BCUT2D eigenvalue weighted by Crippen LogP contribution is -2.37. The van der Waals surface area contributed by atoms with Crippen LogP contribution in [0.3, 0.4) is 0 Å². The Labute approximate surface area is 207 Å². The number of aryl methyl sites for hydroxylation is 1. The smallest absolute Gasteiger partial charge is 0.280 e. The molecule has 0 aliphatic heterocycles. The van der Waals surface area contributed by atoms with Crippen LogP contribution in [0.4, 0.5) is 0 Å². The molecule has 0 saturated heterocycles. The van der Waals surface area contributed by atoms with E-state index in [0.29, 0.717) is 40.6 Å². The number of halogens is 1. The van der Waals surface area contributed by atoms with Gasteiger partial charge in [0, 0.05) is 12.5 Å². The Bertz CT molecular complexity index is 1460. The maximum atomic E-state index is 13.5. The molecule has 10 heteroatoms. The summed E-state index contributed by atoms with van der Waals surface area (Å²) in [6.45, 7) is 5.69. The van der Waals surface area contributed by atoms with Gasteiger partial charge in [-0.05, 0) is 31.0 Å². The summed E-state index contributed by atoms with van der Waals surface area (Å²) in [4.78, 5) is 31.6. The van der Waals surface area contributed by atoms with Crippen LogP contribution in [0.2, 0.25) is 5.15 Å². The molecule has 0 radical (unpaired) electrons. The first kappa shape index (κ1) is 24.3. The quantitative estimate of drug-likeness (QED) is 0.413. The second-order valence-corrected chi connectivity index (χ2v) is 8.79. The van der Waals surface area contributed by atoms with Crippen molar-refractivity contribution in [3.8, 4) is 17.2 Å². The predicted molar refractivity (Wildman–Crippen MR) is 135 cm³/mol. The molecule has 182 valence electrons. The van der Waals surface area contributed by atoms with Gasteiger partial charge in [-0.1, -0.05) is 43.6 Å². The van der Waals surface area contributed by atoms with Gasteiger partial charge in [0.05, 0.1) is 36.5 Å². The van der Waals surface area contributed by atoms with Gasteiger partial charge in [0.1, 0.15) is 16.5 Å². The molecule has 35 heavy (non-hydrogen) atoms. The number of carbonyl (C=O) groups excluding carboxylic acids is 1. The van der Waals surface area contributed by atoms with E-state index in [2.05, 4.69) is 15.5 Å². The second-order valence-electron chi connectivity index (χ2n) is 8.43. The van der Waals surface area contributed by atoms with Gasteiger partial charge in [0.25, 0.3) is 11.5 Å². The number of amides is 1. The lowest BCUT2D eigenvalue weighted by atomic mass is 10.1. The lowest BCUT2D eigenvalue weighted by molar-refractivity contribution is 0.101. The molecular formula is C25H26ClN5O4. The summed E-state index contributed by atoms with van der Waals surface area (Å²) in [5.74, 6) is 0.857. The van der Waals surface area contributed by atoms with E-state index in [4.69, 9.17) is 21.1 Å². The molecule has 0 atom stereocenters. The summed E-state index contributed by atoms with van der Waals surface area (Å²) in [6.07, 6.45) is 0.454. The highest BCUT2D eigenvalue weighted by molar-refractivity contribution is 6.33. The number of benzene rings is 2. The molecule has 1 N–H and O–H groups in total. The fraction of sp³-hybridized carbons (Fsp3) is 0.280. The number of ether oxygens (including phenoxy) is 2. The number of carbonyl (C=O) groups is 1. The highest BCUT2D eigenvalue weighted by atomic mass is 35.5. The van der Waals surface area contributed by atoms with Crippen molar-refractivity contribution in [2.75, 3.05) is 19.6 Å². The third kappa shape index (κ3) is 4.59. The molecule has 0 saturated carbocycles. The largest absolute Gasteiger partial charge is 0.493 e. The van der Waals surface area contributed by atoms with E-state index in [9.17, 15) is 9.59 Å². The van der Waals surface area contributed by atoms with Crippen molar-refractivity contribution >= 4 is 28.4 Å². The van der Waals surface area contributed by atoms with E-state index in [1.807, 2.05) is 44.2 Å². The van der Waals surface area contributed by atoms with Crippen LogP contribution < -0.4 is 20.5 Å². The van der Waals surface area contributed by atoms with Crippen LogP contribution in [0.1, 0.15) is 35.7 Å². The zero-order valence-corrected chi connectivity index (χ0v) is 20.9. The Morgan fingerprint density at radius 2 is 1.77 bits per heavy atom. The number of para-hydroxylation sites is 1. The maximum absolute atomic E-state index is 13.5. The van der Waals surface area contributed by atoms with E-state index >= 15 is 0 Å².